The predicted octanol–water partition coefficient (Wildman–Crippen LogP) is 3.15. The van der Waals surface area contributed by atoms with Gasteiger partial charge in [0.2, 0.25) is 0 Å². The Morgan fingerprint density at radius 1 is 1.24 bits per heavy atom. The van der Waals surface area contributed by atoms with Crippen molar-refractivity contribution in [3.05, 3.63) is 59.4 Å². The largest absolute Gasteiger partial charge is 0.357 e. The van der Waals surface area contributed by atoms with Crippen molar-refractivity contribution in [1.29, 1.82) is 0 Å². The van der Waals surface area contributed by atoms with Crippen LogP contribution in [0.3, 0.4) is 0 Å². The van der Waals surface area contributed by atoms with Crippen molar-refractivity contribution in [1.82, 2.24) is 4.57 Å². The van der Waals surface area contributed by atoms with Crippen molar-refractivity contribution in [2.24, 2.45) is 7.05 Å². The Morgan fingerprint density at radius 3 is 2.65 bits per heavy atom. The molecule has 0 N–H and O–H groups in total. The first-order chi connectivity index (χ1) is 8.16. The average Bonchev–Trinajstić information content (AvgIpc) is 2.74. The fraction of sp³-hybridized carbons (Fsp3) is 0.267. The molecule has 1 aromatic heterocycles. The Kier molecular flexibility index (Phi) is 3.43. The number of aromatic nitrogens is 1. The molecule has 1 heterocycles. The lowest BCUT2D eigenvalue weighted by Crippen LogP contribution is -2.01. The van der Waals surface area contributed by atoms with Gasteiger partial charge in [-0.15, -0.1) is 0 Å². The molecular formula is C15H17NO. The number of aryl methyl sites for hydroxylation is 3. The maximum atomic E-state index is 11.9. The van der Waals surface area contributed by atoms with Gasteiger partial charge in [-0.3, -0.25) is 4.79 Å². The van der Waals surface area contributed by atoms with Crippen molar-refractivity contribution >= 4 is 5.78 Å². The van der Waals surface area contributed by atoms with Crippen LogP contribution in [0.25, 0.3) is 0 Å². The number of nitrogens with zero attached hydrogens (tertiary/aromatic N) is 1. The lowest BCUT2D eigenvalue weighted by molar-refractivity contribution is 0.0983. The van der Waals surface area contributed by atoms with Gasteiger partial charge in [0.25, 0.3) is 0 Å². The van der Waals surface area contributed by atoms with Gasteiger partial charge < -0.3 is 4.57 Å². The molecular weight excluding hydrogens is 210 g/mol. The molecule has 0 unspecified atom stereocenters. The smallest absolute Gasteiger partial charge is 0.164 e. The molecule has 2 nitrogen and oxygen atoms in total. The lowest BCUT2D eigenvalue weighted by atomic mass is 10.0. The summed E-state index contributed by atoms with van der Waals surface area (Å²) in [6, 6.07) is 10.1. The minimum Gasteiger partial charge on any atom is -0.357 e. The maximum Gasteiger partial charge on any atom is 0.164 e. The van der Waals surface area contributed by atoms with E-state index < -0.39 is 0 Å². The maximum absolute atomic E-state index is 11.9. The minimum atomic E-state index is 0.217. The molecule has 0 saturated carbocycles. The standard InChI is InChI=1S/C15H17NO/c1-12-5-3-4-6-13(12)7-8-15(17)14-9-10-16(2)11-14/h3-6,9-11H,7-8H2,1-2H3. The van der Waals surface area contributed by atoms with Crippen LogP contribution < -0.4 is 0 Å². The fourth-order valence-electron chi connectivity index (χ4n) is 1.95. The molecule has 2 rings (SSSR count). The second kappa shape index (κ2) is 5.00. The predicted molar refractivity (Wildman–Crippen MR) is 69.2 cm³/mol. The molecule has 1 aromatic carbocycles. The van der Waals surface area contributed by atoms with Crippen molar-refractivity contribution in [3.63, 3.8) is 0 Å². The van der Waals surface area contributed by atoms with E-state index in [1.54, 1.807) is 0 Å². The number of carbonyl (C=O) groups is 1. The summed E-state index contributed by atoms with van der Waals surface area (Å²) in [4.78, 5) is 11.9. The summed E-state index contributed by atoms with van der Waals surface area (Å²) in [6.45, 7) is 2.09. The molecule has 0 atom stereocenters. The second-order valence-electron chi connectivity index (χ2n) is 4.42. The Bertz CT molecular complexity index is 525. The van der Waals surface area contributed by atoms with Gasteiger partial charge in [-0.2, -0.15) is 0 Å². The number of benzene rings is 1. The summed E-state index contributed by atoms with van der Waals surface area (Å²) in [5.74, 6) is 0.217. The first kappa shape index (κ1) is 11.6. The molecule has 88 valence electrons. The Labute approximate surface area is 102 Å². The molecule has 0 spiro atoms. The monoisotopic (exact) mass is 227 g/mol. The molecule has 2 aromatic rings. The van der Waals surface area contributed by atoms with Gasteiger partial charge in [-0.05, 0) is 30.5 Å². The summed E-state index contributed by atoms with van der Waals surface area (Å²) >= 11 is 0. The van der Waals surface area contributed by atoms with Crippen LogP contribution in [0.1, 0.15) is 27.9 Å². The zero-order valence-corrected chi connectivity index (χ0v) is 10.3. The number of rotatable bonds is 4. The van der Waals surface area contributed by atoms with E-state index in [2.05, 4.69) is 19.1 Å². The summed E-state index contributed by atoms with van der Waals surface area (Å²) in [6.07, 6.45) is 5.18. The quantitative estimate of drug-likeness (QED) is 0.735. The van der Waals surface area contributed by atoms with Crippen molar-refractivity contribution in [3.8, 4) is 0 Å². The van der Waals surface area contributed by atoms with Crippen LogP contribution in [0.2, 0.25) is 0 Å². The van der Waals surface area contributed by atoms with Crippen molar-refractivity contribution in [2.75, 3.05) is 0 Å². The van der Waals surface area contributed by atoms with Crippen LogP contribution in [0.5, 0.6) is 0 Å². The number of hydrogen-bond acceptors (Lipinski definition) is 1. The third kappa shape index (κ3) is 2.84. The number of ketones is 1. The van der Waals surface area contributed by atoms with E-state index in [-0.39, 0.29) is 5.78 Å². The zero-order chi connectivity index (χ0) is 12.3. The molecule has 0 radical (unpaired) electrons. The average molecular weight is 227 g/mol. The van der Waals surface area contributed by atoms with Gasteiger partial charge >= 0.3 is 0 Å². The highest BCUT2D eigenvalue weighted by atomic mass is 16.1. The van der Waals surface area contributed by atoms with E-state index >= 15 is 0 Å². The molecule has 2 heteroatoms. The van der Waals surface area contributed by atoms with Gasteiger partial charge in [-0.25, -0.2) is 0 Å². The number of Topliss-reactive ketones (excluding diaryl/α,β-unsaturated/α-hetero) is 1. The lowest BCUT2D eigenvalue weighted by Gasteiger charge is -2.04. The van der Waals surface area contributed by atoms with E-state index in [1.807, 2.05) is 42.2 Å². The van der Waals surface area contributed by atoms with E-state index in [0.717, 1.165) is 12.0 Å². The van der Waals surface area contributed by atoms with Gasteiger partial charge in [-0.1, -0.05) is 24.3 Å². The number of carbonyl (C=O) groups excluding carboxylic acids is 1. The SMILES string of the molecule is Cc1ccccc1CCC(=O)c1ccn(C)c1. The molecule has 0 fully saturated rings. The summed E-state index contributed by atoms with van der Waals surface area (Å²) in [7, 11) is 1.93. The van der Waals surface area contributed by atoms with Crippen LogP contribution in [0, 0.1) is 6.92 Å². The highest BCUT2D eigenvalue weighted by Gasteiger charge is 2.07. The normalized spacial score (nSPS) is 10.5. The summed E-state index contributed by atoms with van der Waals surface area (Å²) in [5, 5.41) is 0. The second-order valence-corrected chi connectivity index (χ2v) is 4.42. The Hall–Kier alpha value is -1.83. The van der Waals surface area contributed by atoms with Crippen molar-refractivity contribution in [2.45, 2.75) is 19.8 Å². The van der Waals surface area contributed by atoms with Crippen LogP contribution >= 0.6 is 0 Å². The van der Waals surface area contributed by atoms with Crippen LogP contribution in [0.15, 0.2) is 42.7 Å². The first-order valence-corrected chi connectivity index (χ1v) is 5.86. The van der Waals surface area contributed by atoms with Gasteiger partial charge in [0.05, 0.1) is 0 Å². The number of hydrogen-bond donors (Lipinski definition) is 0. The van der Waals surface area contributed by atoms with Gasteiger partial charge in [0, 0.05) is 31.4 Å². The van der Waals surface area contributed by atoms with Gasteiger partial charge in [0.15, 0.2) is 5.78 Å². The topological polar surface area (TPSA) is 22.0 Å². The van der Waals surface area contributed by atoms with E-state index in [1.165, 1.54) is 11.1 Å². The summed E-state index contributed by atoms with van der Waals surface area (Å²) < 4.78 is 1.90. The fourth-order valence-corrected chi connectivity index (χ4v) is 1.95. The molecule has 0 aliphatic rings. The molecule has 17 heavy (non-hydrogen) atoms. The van der Waals surface area contributed by atoms with E-state index in [4.69, 9.17) is 0 Å². The molecule has 0 aliphatic heterocycles. The molecule has 0 saturated heterocycles. The van der Waals surface area contributed by atoms with Crippen LogP contribution in [-0.4, -0.2) is 10.4 Å². The van der Waals surface area contributed by atoms with Crippen molar-refractivity contribution < 1.29 is 4.79 Å². The highest BCUT2D eigenvalue weighted by Crippen LogP contribution is 2.12. The van der Waals surface area contributed by atoms with E-state index in [9.17, 15) is 4.79 Å². The third-order valence-corrected chi connectivity index (χ3v) is 3.04. The molecule has 0 amide bonds. The van der Waals surface area contributed by atoms with Gasteiger partial charge in [0.1, 0.15) is 0 Å². The highest BCUT2D eigenvalue weighted by molar-refractivity contribution is 5.96. The van der Waals surface area contributed by atoms with E-state index in [0.29, 0.717) is 6.42 Å². The Morgan fingerprint density at radius 2 is 2.00 bits per heavy atom. The Balaban J connectivity index is 1.99. The van der Waals surface area contributed by atoms with Crippen LogP contribution in [-0.2, 0) is 13.5 Å². The molecule has 0 aliphatic carbocycles. The minimum absolute atomic E-state index is 0.217. The third-order valence-electron chi connectivity index (χ3n) is 3.04. The molecule has 0 bridgehead atoms. The first-order valence-electron chi connectivity index (χ1n) is 5.86. The van der Waals surface area contributed by atoms with Crippen LogP contribution in [0.4, 0.5) is 0 Å². The zero-order valence-electron chi connectivity index (χ0n) is 10.3. The summed E-state index contributed by atoms with van der Waals surface area (Å²) in [5.41, 5.74) is 3.33.